The number of nitrogens with one attached hydrogen (secondary N) is 1. The topological polar surface area (TPSA) is 67.5 Å². The third-order valence-electron chi connectivity index (χ3n) is 1.81. The average Bonchev–Trinajstić information content (AvgIpc) is 2.88. The van der Waals surface area contributed by atoms with E-state index in [9.17, 15) is 9.18 Å². The molecule has 2 rings (SSSR count). The molecule has 2 aromatic heterocycles. The average molecular weight is 253 g/mol. The summed E-state index contributed by atoms with van der Waals surface area (Å²) >= 11 is 0.938. The van der Waals surface area contributed by atoms with Crippen LogP contribution >= 0.6 is 11.3 Å². The fraction of sp³-hybridized carbons (Fsp3) is 0.100. The number of aryl methyl sites for hydroxylation is 1. The van der Waals surface area contributed by atoms with Crippen LogP contribution in [0.4, 0.5) is 4.39 Å². The van der Waals surface area contributed by atoms with E-state index in [2.05, 4.69) is 15.7 Å². The molecular weight excluding hydrogens is 245 g/mol. The summed E-state index contributed by atoms with van der Waals surface area (Å²) in [7, 11) is 0. The Labute approximate surface area is 99.9 Å². The Balaban J connectivity index is 1.94. The third kappa shape index (κ3) is 2.97. The maximum atomic E-state index is 12.6. The lowest BCUT2D eigenvalue weighted by Crippen LogP contribution is -2.17. The maximum Gasteiger partial charge on any atom is 0.293 e. The minimum absolute atomic E-state index is 0.150. The number of rotatable bonds is 3. The van der Waals surface area contributed by atoms with E-state index >= 15 is 0 Å². The molecule has 0 saturated heterocycles. The van der Waals surface area contributed by atoms with Gasteiger partial charge in [0.25, 0.3) is 5.91 Å². The van der Waals surface area contributed by atoms with Crippen LogP contribution in [-0.2, 0) is 0 Å². The molecule has 17 heavy (non-hydrogen) atoms. The van der Waals surface area contributed by atoms with Crippen LogP contribution < -0.4 is 5.43 Å². The molecule has 0 aliphatic carbocycles. The molecule has 0 aromatic carbocycles. The highest BCUT2D eigenvalue weighted by Crippen LogP contribution is 2.11. The second kappa shape index (κ2) is 4.88. The van der Waals surface area contributed by atoms with Crippen LogP contribution in [0, 0.1) is 12.1 Å². The van der Waals surface area contributed by atoms with Crippen molar-refractivity contribution in [3.05, 3.63) is 39.7 Å². The van der Waals surface area contributed by atoms with Crippen molar-refractivity contribution in [2.45, 2.75) is 6.92 Å². The van der Waals surface area contributed by atoms with E-state index in [1.165, 1.54) is 18.3 Å². The summed E-state index contributed by atoms with van der Waals surface area (Å²) in [4.78, 5) is 12.0. The summed E-state index contributed by atoms with van der Waals surface area (Å²) < 4.78 is 17.4. The van der Waals surface area contributed by atoms with Gasteiger partial charge in [0.2, 0.25) is 0 Å². The van der Waals surface area contributed by atoms with E-state index in [0.717, 1.165) is 11.3 Å². The Bertz CT molecular complexity index is 561. The van der Waals surface area contributed by atoms with Gasteiger partial charge in [0, 0.05) is 6.07 Å². The molecule has 0 radical (unpaired) electrons. The normalized spacial score (nSPS) is 10.9. The highest BCUT2D eigenvalue weighted by atomic mass is 32.1. The van der Waals surface area contributed by atoms with Gasteiger partial charge in [-0.15, -0.1) is 11.3 Å². The third-order valence-corrected chi connectivity index (χ3v) is 2.62. The van der Waals surface area contributed by atoms with Crippen LogP contribution in [0.1, 0.15) is 21.1 Å². The first-order chi connectivity index (χ1) is 8.15. The van der Waals surface area contributed by atoms with Gasteiger partial charge in [0.05, 0.1) is 11.1 Å². The van der Waals surface area contributed by atoms with Crippen LogP contribution in [0.15, 0.2) is 27.8 Å². The maximum absolute atomic E-state index is 12.6. The Kier molecular flexibility index (Phi) is 3.29. The van der Waals surface area contributed by atoms with Gasteiger partial charge in [0.15, 0.2) is 10.8 Å². The number of thiophene rings is 1. The van der Waals surface area contributed by atoms with E-state index in [1.807, 2.05) is 0 Å². The lowest BCUT2D eigenvalue weighted by atomic mass is 10.4. The summed E-state index contributed by atoms with van der Waals surface area (Å²) in [5.74, 6) is 0.0644. The summed E-state index contributed by atoms with van der Waals surface area (Å²) in [6.45, 7) is 1.68. The molecule has 7 heteroatoms. The van der Waals surface area contributed by atoms with Crippen LogP contribution in [0.2, 0.25) is 0 Å². The molecule has 0 spiro atoms. The molecule has 0 fully saturated rings. The largest absolute Gasteiger partial charge is 0.361 e. The molecule has 2 aromatic rings. The van der Waals surface area contributed by atoms with Gasteiger partial charge in [-0.05, 0) is 19.1 Å². The number of nitrogens with zero attached hydrogens (tertiary/aromatic N) is 2. The SMILES string of the molecule is Cc1cc(C(=O)NN=Cc2ccc(F)s2)no1. The molecule has 0 atom stereocenters. The van der Waals surface area contributed by atoms with E-state index in [-0.39, 0.29) is 10.8 Å². The molecular formula is C10H8FN3O2S. The predicted octanol–water partition coefficient (Wildman–Crippen LogP) is 1.95. The number of carbonyl (C=O) groups excluding carboxylic acids is 1. The Hall–Kier alpha value is -2.02. The number of hydrogen-bond donors (Lipinski definition) is 1. The molecule has 0 saturated carbocycles. The summed E-state index contributed by atoms with van der Waals surface area (Å²) in [5, 5.41) is 6.90. The quantitative estimate of drug-likeness (QED) is 0.671. The fourth-order valence-corrected chi connectivity index (χ4v) is 1.69. The highest BCUT2D eigenvalue weighted by molar-refractivity contribution is 7.12. The smallest absolute Gasteiger partial charge is 0.293 e. The Morgan fingerprint density at radius 2 is 2.47 bits per heavy atom. The van der Waals surface area contributed by atoms with Crippen molar-refractivity contribution in [3.63, 3.8) is 0 Å². The molecule has 2 heterocycles. The molecule has 5 nitrogen and oxygen atoms in total. The van der Waals surface area contributed by atoms with Gasteiger partial charge < -0.3 is 4.52 Å². The molecule has 1 N–H and O–H groups in total. The Morgan fingerprint density at radius 1 is 1.65 bits per heavy atom. The number of aromatic nitrogens is 1. The first-order valence-corrected chi connectivity index (χ1v) is 5.49. The summed E-state index contributed by atoms with van der Waals surface area (Å²) in [5.41, 5.74) is 2.41. The van der Waals surface area contributed by atoms with Crippen molar-refractivity contribution in [2.24, 2.45) is 5.10 Å². The molecule has 0 bridgehead atoms. The van der Waals surface area contributed by atoms with Crippen LogP contribution in [0.25, 0.3) is 0 Å². The van der Waals surface area contributed by atoms with Gasteiger partial charge in [-0.3, -0.25) is 4.79 Å². The van der Waals surface area contributed by atoms with E-state index in [4.69, 9.17) is 4.52 Å². The van der Waals surface area contributed by atoms with Crippen molar-refractivity contribution < 1.29 is 13.7 Å². The minimum atomic E-state index is -0.477. The number of hydrogen-bond acceptors (Lipinski definition) is 5. The lowest BCUT2D eigenvalue weighted by molar-refractivity contribution is 0.0946. The number of amides is 1. The van der Waals surface area contributed by atoms with Crippen molar-refractivity contribution in [2.75, 3.05) is 0 Å². The lowest BCUT2D eigenvalue weighted by Gasteiger charge is -1.92. The molecule has 1 amide bonds. The second-order valence-corrected chi connectivity index (χ2v) is 4.23. The highest BCUT2D eigenvalue weighted by Gasteiger charge is 2.09. The standard InChI is InChI=1S/C10H8FN3O2S/c1-6-4-8(14-16-6)10(15)13-12-5-7-2-3-9(11)17-7/h2-5H,1H3,(H,13,15). The molecule has 0 aliphatic heterocycles. The molecule has 88 valence electrons. The summed E-state index contributed by atoms with van der Waals surface area (Å²) in [6, 6.07) is 4.39. The van der Waals surface area contributed by atoms with Crippen molar-refractivity contribution in [3.8, 4) is 0 Å². The van der Waals surface area contributed by atoms with Crippen LogP contribution in [0.3, 0.4) is 0 Å². The predicted molar refractivity (Wildman–Crippen MR) is 60.6 cm³/mol. The zero-order valence-corrected chi connectivity index (χ0v) is 9.62. The van der Waals surface area contributed by atoms with Crippen molar-refractivity contribution in [1.82, 2.24) is 10.6 Å². The van der Waals surface area contributed by atoms with Gasteiger partial charge in [-0.1, -0.05) is 5.16 Å². The monoisotopic (exact) mass is 253 g/mol. The number of carbonyl (C=O) groups is 1. The van der Waals surface area contributed by atoms with Gasteiger partial charge in [-0.25, -0.2) is 5.43 Å². The van der Waals surface area contributed by atoms with E-state index < -0.39 is 5.91 Å². The number of hydrazone groups is 1. The molecule has 0 unspecified atom stereocenters. The number of halogens is 1. The first-order valence-electron chi connectivity index (χ1n) is 4.67. The van der Waals surface area contributed by atoms with Gasteiger partial charge in [-0.2, -0.15) is 9.49 Å². The zero-order valence-electron chi connectivity index (χ0n) is 8.81. The van der Waals surface area contributed by atoms with Crippen LogP contribution in [-0.4, -0.2) is 17.3 Å². The second-order valence-electron chi connectivity index (χ2n) is 3.16. The fourth-order valence-electron chi connectivity index (χ4n) is 1.08. The molecule has 0 aliphatic rings. The van der Waals surface area contributed by atoms with Crippen molar-refractivity contribution >= 4 is 23.5 Å². The van der Waals surface area contributed by atoms with Crippen LogP contribution in [0.5, 0.6) is 0 Å². The first kappa shape index (κ1) is 11.5. The minimum Gasteiger partial charge on any atom is -0.361 e. The van der Waals surface area contributed by atoms with Crippen molar-refractivity contribution in [1.29, 1.82) is 0 Å². The van der Waals surface area contributed by atoms with Gasteiger partial charge in [0.1, 0.15) is 5.76 Å². The zero-order chi connectivity index (χ0) is 12.3. The Morgan fingerprint density at radius 3 is 3.06 bits per heavy atom. The van der Waals surface area contributed by atoms with Gasteiger partial charge >= 0.3 is 0 Å². The van der Waals surface area contributed by atoms with E-state index in [1.54, 1.807) is 13.0 Å². The summed E-state index contributed by atoms with van der Waals surface area (Å²) in [6.07, 6.45) is 1.36. The van der Waals surface area contributed by atoms with E-state index in [0.29, 0.717) is 10.6 Å².